The molecule has 0 fully saturated rings. The summed E-state index contributed by atoms with van der Waals surface area (Å²) < 4.78 is 0. The molecule has 0 atom stereocenters. The monoisotopic (exact) mass is 239 g/mol. The van der Waals surface area contributed by atoms with Crippen LogP contribution in [0.4, 0.5) is 0 Å². The fourth-order valence-electron chi connectivity index (χ4n) is 1.48. The van der Waals surface area contributed by atoms with Crippen molar-refractivity contribution in [3.05, 3.63) is 65.2 Å². The van der Waals surface area contributed by atoms with E-state index in [4.69, 9.17) is 5.26 Å². The minimum Gasteiger partial charge on any atom is -0.289 e. The summed E-state index contributed by atoms with van der Waals surface area (Å²) >= 11 is 4.17. The summed E-state index contributed by atoms with van der Waals surface area (Å²) in [5.41, 5.74) is 1.75. The number of thiol groups is 1. The number of rotatable bonds is 2. The summed E-state index contributed by atoms with van der Waals surface area (Å²) in [6.07, 6.45) is 0. The molecule has 0 bridgehead atoms. The number of hydrogen-bond acceptors (Lipinski definition) is 3. The summed E-state index contributed by atoms with van der Waals surface area (Å²) in [6.45, 7) is 0. The molecule has 2 rings (SSSR count). The molecule has 0 saturated carbocycles. The zero-order valence-electron chi connectivity index (χ0n) is 8.92. The molecule has 17 heavy (non-hydrogen) atoms. The highest BCUT2D eigenvalue weighted by atomic mass is 32.1. The number of benzene rings is 2. The third kappa shape index (κ3) is 2.55. The van der Waals surface area contributed by atoms with Crippen LogP contribution in [0.5, 0.6) is 0 Å². The van der Waals surface area contributed by atoms with Gasteiger partial charge < -0.3 is 0 Å². The highest BCUT2D eigenvalue weighted by Crippen LogP contribution is 2.13. The van der Waals surface area contributed by atoms with E-state index in [1.165, 1.54) is 0 Å². The van der Waals surface area contributed by atoms with E-state index in [2.05, 4.69) is 12.6 Å². The van der Waals surface area contributed by atoms with Gasteiger partial charge in [0.25, 0.3) is 0 Å². The molecule has 0 aromatic heterocycles. The summed E-state index contributed by atoms with van der Waals surface area (Å²) in [6, 6.07) is 15.7. The van der Waals surface area contributed by atoms with E-state index in [9.17, 15) is 4.79 Å². The van der Waals surface area contributed by atoms with Gasteiger partial charge in [0.15, 0.2) is 5.78 Å². The molecule has 82 valence electrons. The average Bonchev–Trinajstić information content (AvgIpc) is 2.39. The van der Waals surface area contributed by atoms with Crippen LogP contribution in [0.1, 0.15) is 21.5 Å². The molecule has 0 aliphatic rings. The van der Waals surface area contributed by atoms with Crippen LogP contribution in [0.2, 0.25) is 0 Å². The van der Waals surface area contributed by atoms with Gasteiger partial charge in [-0.3, -0.25) is 4.79 Å². The van der Waals surface area contributed by atoms with Crippen molar-refractivity contribution in [2.75, 3.05) is 0 Å². The van der Waals surface area contributed by atoms with Crippen LogP contribution in [0.15, 0.2) is 53.4 Å². The molecule has 0 N–H and O–H groups in total. The highest BCUT2D eigenvalue weighted by molar-refractivity contribution is 7.80. The van der Waals surface area contributed by atoms with Crippen molar-refractivity contribution >= 4 is 18.4 Å². The Bertz CT molecular complexity index is 579. The molecular weight excluding hydrogens is 230 g/mol. The normalized spacial score (nSPS) is 9.65. The summed E-state index contributed by atoms with van der Waals surface area (Å²) in [5.74, 6) is -0.0529. The highest BCUT2D eigenvalue weighted by Gasteiger charge is 2.08. The molecule has 0 amide bonds. The molecule has 0 aliphatic heterocycles. The first-order valence-electron chi connectivity index (χ1n) is 5.04. The van der Waals surface area contributed by atoms with Crippen molar-refractivity contribution in [1.82, 2.24) is 0 Å². The van der Waals surface area contributed by atoms with Crippen molar-refractivity contribution in [3.8, 4) is 6.07 Å². The van der Waals surface area contributed by atoms with Gasteiger partial charge in [-0.1, -0.05) is 0 Å². The Morgan fingerprint density at radius 3 is 1.88 bits per heavy atom. The fraction of sp³-hybridized carbons (Fsp3) is 0. The van der Waals surface area contributed by atoms with Gasteiger partial charge in [0.05, 0.1) is 11.6 Å². The first-order chi connectivity index (χ1) is 8.20. The summed E-state index contributed by atoms with van der Waals surface area (Å²) in [7, 11) is 0. The first-order valence-corrected chi connectivity index (χ1v) is 5.49. The lowest BCUT2D eigenvalue weighted by Gasteiger charge is -2.01. The van der Waals surface area contributed by atoms with Gasteiger partial charge in [0, 0.05) is 16.0 Å². The summed E-state index contributed by atoms with van der Waals surface area (Å²) in [5, 5.41) is 8.67. The molecule has 0 radical (unpaired) electrons. The Hall–Kier alpha value is -2.05. The van der Waals surface area contributed by atoms with E-state index in [1.807, 2.05) is 6.07 Å². The minimum atomic E-state index is -0.0529. The van der Waals surface area contributed by atoms with Gasteiger partial charge in [-0.05, 0) is 48.5 Å². The van der Waals surface area contributed by atoms with Crippen LogP contribution in [0, 0.1) is 11.3 Å². The number of nitrogens with zero attached hydrogens (tertiary/aromatic N) is 1. The van der Waals surface area contributed by atoms with Gasteiger partial charge in [-0.2, -0.15) is 5.26 Å². The van der Waals surface area contributed by atoms with Crippen LogP contribution in [-0.2, 0) is 0 Å². The lowest BCUT2D eigenvalue weighted by molar-refractivity contribution is 0.103. The Balaban J connectivity index is 2.31. The van der Waals surface area contributed by atoms with Crippen LogP contribution >= 0.6 is 12.6 Å². The topological polar surface area (TPSA) is 40.9 Å². The lowest BCUT2D eigenvalue weighted by Crippen LogP contribution is -2.00. The zero-order chi connectivity index (χ0) is 12.3. The Labute approximate surface area is 105 Å². The van der Waals surface area contributed by atoms with Gasteiger partial charge >= 0.3 is 0 Å². The molecule has 2 nitrogen and oxygen atoms in total. The van der Waals surface area contributed by atoms with E-state index >= 15 is 0 Å². The van der Waals surface area contributed by atoms with E-state index in [-0.39, 0.29) is 5.78 Å². The van der Waals surface area contributed by atoms with Crippen LogP contribution < -0.4 is 0 Å². The molecule has 2 aromatic carbocycles. The average molecular weight is 239 g/mol. The predicted molar refractivity (Wildman–Crippen MR) is 68.3 cm³/mol. The number of carbonyl (C=O) groups is 1. The van der Waals surface area contributed by atoms with Crippen LogP contribution in [-0.4, -0.2) is 5.78 Å². The van der Waals surface area contributed by atoms with Gasteiger partial charge in [0.2, 0.25) is 0 Å². The Morgan fingerprint density at radius 1 is 0.941 bits per heavy atom. The van der Waals surface area contributed by atoms with E-state index in [0.717, 1.165) is 4.90 Å². The molecule has 0 saturated heterocycles. The number of nitriles is 1. The third-order valence-corrected chi connectivity index (χ3v) is 2.70. The second-order valence-corrected chi connectivity index (χ2v) is 4.08. The molecule has 0 heterocycles. The van der Waals surface area contributed by atoms with Crippen molar-refractivity contribution in [2.24, 2.45) is 0 Å². The minimum absolute atomic E-state index is 0.0529. The number of carbonyl (C=O) groups excluding carboxylic acids is 1. The van der Waals surface area contributed by atoms with Gasteiger partial charge in [-0.15, -0.1) is 12.6 Å². The molecule has 2 aromatic rings. The van der Waals surface area contributed by atoms with Crippen molar-refractivity contribution in [1.29, 1.82) is 5.26 Å². The Kier molecular flexibility index (Phi) is 3.27. The van der Waals surface area contributed by atoms with Gasteiger partial charge in [0.1, 0.15) is 0 Å². The maximum Gasteiger partial charge on any atom is 0.193 e. The maximum absolute atomic E-state index is 12.0. The second kappa shape index (κ2) is 4.86. The number of hydrogen-bond donors (Lipinski definition) is 1. The van der Waals surface area contributed by atoms with Crippen molar-refractivity contribution in [2.45, 2.75) is 4.90 Å². The maximum atomic E-state index is 12.0. The molecule has 3 heteroatoms. The smallest absolute Gasteiger partial charge is 0.193 e. The van der Waals surface area contributed by atoms with Crippen molar-refractivity contribution in [3.63, 3.8) is 0 Å². The van der Waals surface area contributed by atoms with E-state index in [1.54, 1.807) is 48.5 Å². The quantitative estimate of drug-likeness (QED) is 0.646. The zero-order valence-corrected chi connectivity index (χ0v) is 9.82. The Morgan fingerprint density at radius 2 is 1.41 bits per heavy atom. The third-order valence-electron chi connectivity index (χ3n) is 2.41. The lowest BCUT2D eigenvalue weighted by atomic mass is 10.0. The molecule has 0 aliphatic carbocycles. The van der Waals surface area contributed by atoms with E-state index in [0.29, 0.717) is 16.7 Å². The molecule has 0 spiro atoms. The van der Waals surface area contributed by atoms with Gasteiger partial charge in [-0.25, -0.2) is 0 Å². The standard InChI is InChI=1S/C14H9NOS/c15-9-10-1-3-11(4-2-10)14(16)12-5-7-13(17)8-6-12/h1-8,17H. The molecule has 0 unspecified atom stereocenters. The molecular formula is C14H9NOS. The SMILES string of the molecule is N#Cc1ccc(C(=O)c2ccc(S)cc2)cc1. The van der Waals surface area contributed by atoms with Crippen LogP contribution in [0.3, 0.4) is 0 Å². The predicted octanol–water partition coefficient (Wildman–Crippen LogP) is 3.08. The van der Waals surface area contributed by atoms with Crippen molar-refractivity contribution < 1.29 is 4.79 Å². The van der Waals surface area contributed by atoms with E-state index < -0.39 is 0 Å². The fourth-order valence-corrected chi connectivity index (χ4v) is 1.62. The summed E-state index contributed by atoms with van der Waals surface area (Å²) in [4.78, 5) is 12.9. The van der Waals surface area contributed by atoms with Crippen LogP contribution in [0.25, 0.3) is 0 Å². The number of ketones is 1. The second-order valence-electron chi connectivity index (χ2n) is 3.57. The first kappa shape index (κ1) is 11.4. The largest absolute Gasteiger partial charge is 0.289 e.